The van der Waals surface area contributed by atoms with Crippen LogP contribution in [0.25, 0.3) is 10.9 Å². The Morgan fingerprint density at radius 2 is 1.38 bits per heavy atom. The summed E-state index contributed by atoms with van der Waals surface area (Å²) in [4.78, 5) is 2.19. The number of aromatic amines is 1. The van der Waals surface area contributed by atoms with Gasteiger partial charge in [-0.25, -0.2) is 8.42 Å². The van der Waals surface area contributed by atoms with Gasteiger partial charge in [0.2, 0.25) is 9.84 Å². The number of rotatable bonds is 7. The third-order valence-electron chi connectivity index (χ3n) is 5.60. The number of hydrogen-bond acceptors (Lipinski definition) is 6. The molecule has 214 valence electrons. The first kappa shape index (κ1) is 29.2. The van der Waals surface area contributed by atoms with Crippen LogP contribution in [-0.4, -0.2) is 33.5 Å². The largest absolute Gasteiger partial charge is 0.497 e. The van der Waals surface area contributed by atoms with E-state index in [1.54, 1.807) is 0 Å². The van der Waals surface area contributed by atoms with E-state index in [1.165, 1.54) is 37.4 Å². The summed E-state index contributed by atoms with van der Waals surface area (Å²) in [5.41, 5.74) is -4.71. The predicted molar refractivity (Wildman–Crippen MR) is 129 cm³/mol. The Morgan fingerprint density at radius 3 is 1.88 bits per heavy atom. The number of fused-ring (bicyclic) bond motifs is 1. The first-order valence-electron chi connectivity index (χ1n) is 10.8. The molecule has 4 rings (SSSR count). The number of aromatic nitrogens is 1. The summed E-state index contributed by atoms with van der Waals surface area (Å²) in [6.07, 6.45) is -9.77. The van der Waals surface area contributed by atoms with E-state index in [-0.39, 0.29) is 32.8 Å². The monoisotopic (exact) mass is 609 g/mol. The Morgan fingerprint density at radius 1 is 0.825 bits per heavy atom. The fourth-order valence-corrected chi connectivity index (χ4v) is 5.88. The highest BCUT2D eigenvalue weighted by molar-refractivity contribution is 7.91. The summed E-state index contributed by atoms with van der Waals surface area (Å²) in [6, 6.07) is 8.70. The number of sulfone groups is 1. The van der Waals surface area contributed by atoms with Crippen molar-refractivity contribution in [2.45, 2.75) is 27.9 Å². The van der Waals surface area contributed by atoms with Crippen LogP contribution in [0, 0.1) is 0 Å². The molecule has 0 unspecified atom stereocenters. The minimum Gasteiger partial charge on any atom is -0.497 e. The molecule has 16 heteroatoms. The SMILES string of the molecule is COc1ccc(S(=O)(=O)c2c[nH]c3ccc(Oc4c(C(F)(F)F)cc(CS(=O)(=O)O)cc4C(F)(F)F)cc23)cc1. The molecule has 0 saturated heterocycles. The van der Waals surface area contributed by atoms with Crippen molar-refractivity contribution in [3.05, 3.63) is 77.5 Å². The number of H-pyrrole nitrogens is 1. The number of ether oxygens (including phenoxy) is 2. The maximum atomic E-state index is 13.8. The fourth-order valence-electron chi connectivity index (χ4n) is 3.87. The maximum Gasteiger partial charge on any atom is 0.420 e. The van der Waals surface area contributed by atoms with Crippen molar-refractivity contribution < 1.29 is 57.2 Å². The lowest BCUT2D eigenvalue weighted by atomic mass is 10.0. The number of halogens is 6. The number of alkyl halides is 6. The smallest absolute Gasteiger partial charge is 0.420 e. The normalized spacial score (nSPS) is 13.0. The van der Waals surface area contributed by atoms with Crippen molar-refractivity contribution in [1.29, 1.82) is 0 Å². The summed E-state index contributed by atoms with van der Waals surface area (Å²) in [5, 5.41) is -0.0848. The van der Waals surface area contributed by atoms with Gasteiger partial charge in [-0.15, -0.1) is 0 Å². The van der Waals surface area contributed by atoms with Gasteiger partial charge in [0.25, 0.3) is 10.1 Å². The predicted octanol–water partition coefficient (Wildman–Crippen LogP) is 6.23. The van der Waals surface area contributed by atoms with Crippen LogP contribution >= 0.6 is 0 Å². The zero-order valence-electron chi connectivity index (χ0n) is 20.0. The molecular formula is C24H17F6NO7S2. The minimum atomic E-state index is -5.44. The van der Waals surface area contributed by atoms with Gasteiger partial charge in [0, 0.05) is 17.1 Å². The molecule has 1 heterocycles. The molecule has 1 aromatic heterocycles. The van der Waals surface area contributed by atoms with Gasteiger partial charge in [-0.1, -0.05) is 0 Å². The van der Waals surface area contributed by atoms with Crippen LogP contribution in [0.1, 0.15) is 16.7 Å². The van der Waals surface area contributed by atoms with Crippen LogP contribution in [0.4, 0.5) is 26.3 Å². The molecule has 0 atom stereocenters. The number of methoxy groups -OCH3 is 1. The first-order chi connectivity index (χ1) is 18.4. The van der Waals surface area contributed by atoms with Crippen molar-refractivity contribution in [2.24, 2.45) is 0 Å². The van der Waals surface area contributed by atoms with E-state index in [4.69, 9.17) is 14.0 Å². The highest BCUT2D eigenvalue weighted by Crippen LogP contribution is 2.47. The van der Waals surface area contributed by atoms with Gasteiger partial charge in [-0.2, -0.15) is 34.8 Å². The molecule has 3 aromatic carbocycles. The summed E-state index contributed by atoms with van der Waals surface area (Å²) < 4.78 is 151. The van der Waals surface area contributed by atoms with Gasteiger partial charge in [-0.3, -0.25) is 4.55 Å². The third-order valence-corrected chi connectivity index (χ3v) is 8.11. The molecule has 4 aromatic rings. The van der Waals surface area contributed by atoms with Crippen LogP contribution in [-0.2, 0) is 38.1 Å². The zero-order chi connectivity index (χ0) is 29.7. The molecule has 0 aliphatic heterocycles. The van der Waals surface area contributed by atoms with Crippen molar-refractivity contribution in [3.63, 3.8) is 0 Å². The first-order valence-corrected chi connectivity index (χ1v) is 13.9. The van der Waals surface area contributed by atoms with Gasteiger partial charge in [0.1, 0.15) is 17.3 Å². The van der Waals surface area contributed by atoms with E-state index < -0.39 is 66.3 Å². The Labute approximate surface area is 222 Å². The second-order valence-corrected chi connectivity index (χ2v) is 11.8. The summed E-state index contributed by atoms with van der Waals surface area (Å²) in [5.74, 6) is -3.40. The molecule has 0 saturated carbocycles. The van der Waals surface area contributed by atoms with Gasteiger partial charge in [-0.05, 0) is 60.2 Å². The maximum absolute atomic E-state index is 13.8. The second-order valence-electron chi connectivity index (χ2n) is 8.38. The van der Waals surface area contributed by atoms with Crippen molar-refractivity contribution in [3.8, 4) is 17.2 Å². The van der Waals surface area contributed by atoms with Crippen LogP contribution in [0.5, 0.6) is 17.2 Å². The van der Waals surface area contributed by atoms with Gasteiger partial charge in [0.05, 0.1) is 28.0 Å². The molecule has 0 spiro atoms. The molecule has 0 fully saturated rings. The lowest BCUT2D eigenvalue weighted by Crippen LogP contribution is -2.16. The van der Waals surface area contributed by atoms with E-state index in [0.29, 0.717) is 5.75 Å². The van der Waals surface area contributed by atoms with E-state index in [1.807, 2.05) is 0 Å². The third kappa shape index (κ3) is 6.03. The molecule has 0 amide bonds. The minimum absolute atomic E-state index is 0.0848. The van der Waals surface area contributed by atoms with Crippen molar-refractivity contribution in [2.75, 3.05) is 7.11 Å². The van der Waals surface area contributed by atoms with Gasteiger partial charge >= 0.3 is 12.4 Å². The summed E-state index contributed by atoms with van der Waals surface area (Å²) >= 11 is 0. The van der Waals surface area contributed by atoms with E-state index >= 15 is 0 Å². The number of benzene rings is 3. The highest BCUT2D eigenvalue weighted by Gasteiger charge is 2.43. The average Bonchev–Trinajstić information content (AvgIpc) is 3.26. The molecular weight excluding hydrogens is 592 g/mol. The fraction of sp³-hybridized carbons (Fsp3) is 0.167. The average molecular weight is 610 g/mol. The Kier molecular flexibility index (Phi) is 7.32. The van der Waals surface area contributed by atoms with Gasteiger partial charge < -0.3 is 14.5 Å². The van der Waals surface area contributed by atoms with Crippen LogP contribution < -0.4 is 9.47 Å². The van der Waals surface area contributed by atoms with E-state index in [2.05, 4.69) is 4.98 Å². The lowest BCUT2D eigenvalue weighted by Gasteiger charge is -2.20. The highest BCUT2D eigenvalue weighted by atomic mass is 32.2. The summed E-state index contributed by atoms with van der Waals surface area (Å²) in [7, 11) is -7.81. The molecule has 0 radical (unpaired) electrons. The molecule has 0 bridgehead atoms. The zero-order valence-corrected chi connectivity index (χ0v) is 21.6. The molecule has 8 nitrogen and oxygen atoms in total. The standard InChI is InChI=1S/C24H17F6NO7S2/c1-37-14-2-5-16(6-3-14)40(35,36)21-11-31-20-7-4-15(10-17(20)21)38-22-18(23(25,26)27)8-13(12-39(32,33)34)9-19(22)24(28,29)30/h2-11,31H,12H2,1H3,(H,32,33,34). The molecule has 2 N–H and O–H groups in total. The van der Waals surface area contributed by atoms with E-state index in [0.717, 1.165) is 18.3 Å². The molecule has 0 aliphatic carbocycles. The molecule has 40 heavy (non-hydrogen) atoms. The lowest BCUT2D eigenvalue weighted by molar-refractivity contribution is -0.145. The quantitative estimate of drug-likeness (QED) is 0.188. The Bertz CT molecular complexity index is 1760. The Hall–Kier alpha value is -3.76. The summed E-state index contributed by atoms with van der Waals surface area (Å²) in [6.45, 7) is 0. The van der Waals surface area contributed by atoms with Crippen LogP contribution in [0.2, 0.25) is 0 Å². The van der Waals surface area contributed by atoms with Crippen molar-refractivity contribution in [1.82, 2.24) is 4.98 Å². The Balaban J connectivity index is 1.86. The van der Waals surface area contributed by atoms with Crippen LogP contribution in [0.3, 0.4) is 0 Å². The number of nitrogens with one attached hydrogen (secondary N) is 1. The van der Waals surface area contributed by atoms with Crippen LogP contribution in [0.15, 0.2) is 70.6 Å². The van der Waals surface area contributed by atoms with Gasteiger partial charge in [0.15, 0.2) is 5.75 Å². The number of hydrogen-bond donors (Lipinski definition) is 2. The second kappa shape index (κ2) is 10.0. The molecule has 0 aliphatic rings. The topological polar surface area (TPSA) is 123 Å². The van der Waals surface area contributed by atoms with E-state index in [9.17, 15) is 43.2 Å². The van der Waals surface area contributed by atoms with Crippen molar-refractivity contribution >= 4 is 30.9 Å².